The fraction of sp³-hybridized carbons (Fsp3) is 0.250. The van der Waals surface area contributed by atoms with Gasteiger partial charge in [-0.25, -0.2) is 0 Å². The maximum absolute atomic E-state index is 4.46. The molecule has 0 saturated heterocycles. The summed E-state index contributed by atoms with van der Waals surface area (Å²) in [6.45, 7) is 2.76. The summed E-state index contributed by atoms with van der Waals surface area (Å²) in [5.74, 6) is 0.672. The van der Waals surface area contributed by atoms with Crippen molar-refractivity contribution in [3.63, 3.8) is 0 Å². The van der Waals surface area contributed by atoms with Crippen molar-refractivity contribution < 1.29 is 0 Å². The highest BCUT2D eigenvalue weighted by Crippen LogP contribution is 2.33. The monoisotopic (exact) mass is 375 g/mol. The third kappa shape index (κ3) is 4.63. The molecule has 1 aliphatic rings. The summed E-state index contributed by atoms with van der Waals surface area (Å²) in [5, 5.41) is 8.02. The fourth-order valence-electron chi connectivity index (χ4n) is 3.29. The van der Waals surface area contributed by atoms with Crippen LogP contribution in [-0.4, -0.2) is 16.3 Å². The number of nitrogens with one attached hydrogen (secondary N) is 1. The first-order valence-corrected chi connectivity index (χ1v) is 8.22. The standard InChI is InChI=1S/C20H21N3.2ClH/c1-2-6-16(7-3-1)14-23-15-17(12-22-23)11-21-13-19-10-18-8-4-5-9-20(18)19;;/h1-9,12,15,19,21H,10-11,13-14H2;2*1H. The van der Waals surface area contributed by atoms with Crippen LogP contribution in [0.3, 0.4) is 0 Å². The third-order valence-electron chi connectivity index (χ3n) is 4.56. The summed E-state index contributed by atoms with van der Waals surface area (Å²) in [6.07, 6.45) is 5.30. The summed E-state index contributed by atoms with van der Waals surface area (Å²) in [7, 11) is 0. The molecule has 3 nitrogen and oxygen atoms in total. The lowest BCUT2D eigenvalue weighted by Gasteiger charge is -2.30. The maximum Gasteiger partial charge on any atom is 0.0659 e. The lowest BCUT2D eigenvalue weighted by Crippen LogP contribution is -2.28. The highest BCUT2D eigenvalue weighted by atomic mass is 35.5. The number of rotatable bonds is 6. The molecular weight excluding hydrogens is 353 g/mol. The second-order valence-electron chi connectivity index (χ2n) is 6.26. The van der Waals surface area contributed by atoms with Crippen molar-refractivity contribution in [2.45, 2.75) is 25.4 Å². The molecule has 0 fully saturated rings. The maximum atomic E-state index is 4.46. The van der Waals surface area contributed by atoms with Crippen molar-refractivity contribution in [3.8, 4) is 0 Å². The Morgan fingerprint density at radius 1 is 0.960 bits per heavy atom. The minimum absolute atomic E-state index is 0. The molecule has 0 aliphatic heterocycles. The number of halogens is 2. The zero-order valence-corrected chi connectivity index (χ0v) is 15.6. The first kappa shape index (κ1) is 19.5. The molecule has 4 rings (SSSR count). The molecule has 0 radical (unpaired) electrons. The van der Waals surface area contributed by atoms with Crippen molar-refractivity contribution in [1.82, 2.24) is 15.1 Å². The second-order valence-corrected chi connectivity index (χ2v) is 6.26. The molecule has 0 saturated carbocycles. The van der Waals surface area contributed by atoms with Crippen molar-refractivity contribution in [2.75, 3.05) is 6.54 Å². The van der Waals surface area contributed by atoms with E-state index in [0.717, 1.165) is 19.6 Å². The molecule has 1 unspecified atom stereocenters. The molecule has 25 heavy (non-hydrogen) atoms. The lowest BCUT2D eigenvalue weighted by molar-refractivity contribution is 0.535. The Kier molecular flexibility index (Phi) is 7.06. The second kappa shape index (κ2) is 9.04. The third-order valence-corrected chi connectivity index (χ3v) is 4.56. The predicted molar refractivity (Wildman–Crippen MR) is 107 cm³/mol. The van der Waals surface area contributed by atoms with Gasteiger partial charge in [0.2, 0.25) is 0 Å². The molecular formula is C20H23Cl2N3. The van der Waals surface area contributed by atoms with E-state index < -0.39 is 0 Å². The van der Waals surface area contributed by atoms with Crippen molar-refractivity contribution in [2.24, 2.45) is 0 Å². The Hall–Kier alpha value is -1.81. The molecule has 0 bridgehead atoms. The van der Waals surface area contributed by atoms with E-state index in [2.05, 4.69) is 65.1 Å². The van der Waals surface area contributed by atoms with Gasteiger partial charge < -0.3 is 5.32 Å². The normalized spacial score (nSPS) is 14.6. The lowest BCUT2D eigenvalue weighted by atomic mass is 9.77. The molecule has 0 spiro atoms. The molecule has 132 valence electrons. The van der Waals surface area contributed by atoms with Gasteiger partial charge in [0.05, 0.1) is 12.7 Å². The zero-order valence-electron chi connectivity index (χ0n) is 14.0. The Bertz CT molecular complexity index is 786. The van der Waals surface area contributed by atoms with E-state index in [1.165, 1.54) is 28.7 Å². The van der Waals surface area contributed by atoms with Gasteiger partial charge in [-0.2, -0.15) is 5.10 Å². The number of hydrogen-bond donors (Lipinski definition) is 1. The zero-order chi connectivity index (χ0) is 15.5. The van der Waals surface area contributed by atoms with Crippen LogP contribution in [0.2, 0.25) is 0 Å². The van der Waals surface area contributed by atoms with Crippen LogP contribution >= 0.6 is 24.8 Å². The first-order valence-electron chi connectivity index (χ1n) is 8.22. The van der Waals surface area contributed by atoms with Gasteiger partial charge in [-0.1, -0.05) is 54.6 Å². The molecule has 0 amide bonds. The van der Waals surface area contributed by atoms with Crippen LogP contribution in [0.4, 0.5) is 0 Å². The van der Waals surface area contributed by atoms with Gasteiger partial charge in [0.15, 0.2) is 0 Å². The highest BCUT2D eigenvalue weighted by Gasteiger charge is 2.24. The van der Waals surface area contributed by atoms with Crippen LogP contribution in [0.15, 0.2) is 67.0 Å². The Balaban J connectivity index is 0.00000113. The molecule has 1 aliphatic carbocycles. The van der Waals surface area contributed by atoms with Crippen LogP contribution in [0.1, 0.15) is 28.2 Å². The number of nitrogens with zero attached hydrogens (tertiary/aromatic N) is 2. The van der Waals surface area contributed by atoms with Crippen LogP contribution in [0.5, 0.6) is 0 Å². The van der Waals surface area contributed by atoms with E-state index in [0.29, 0.717) is 5.92 Å². The highest BCUT2D eigenvalue weighted by molar-refractivity contribution is 5.85. The van der Waals surface area contributed by atoms with Gasteiger partial charge in [0, 0.05) is 30.8 Å². The Morgan fingerprint density at radius 2 is 1.72 bits per heavy atom. The molecule has 1 atom stereocenters. The predicted octanol–water partition coefficient (Wildman–Crippen LogP) is 4.20. The molecule has 3 aromatic rings. The average molecular weight is 376 g/mol. The van der Waals surface area contributed by atoms with Crippen molar-refractivity contribution >= 4 is 24.8 Å². The van der Waals surface area contributed by atoms with E-state index in [1.54, 1.807) is 0 Å². The van der Waals surface area contributed by atoms with Gasteiger partial charge >= 0.3 is 0 Å². The van der Waals surface area contributed by atoms with E-state index >= 15 is 0 Å². The fourth-order valence-corrected chi connectivity index (χ4v) is 3.29. The molecule has 5 heteroatoms. The topological polar surface area (TPSA) is 29.9 Å². The molecule has 2 aromatic carbocycles. The van der Waals surface area contributed by atoms with Crippen LogP contribution in [0.25, 0.3) is 0 Å². The van der Waals surface area contributed by atoms with Crippen LogP contribution in [-0.2, 0) is 19.5 Å². The minimum Gasteiger partial charge on any atom is -0.312 e. The Labute approximate surface area is 161 Å². The van der Waals surface area contributed by atoms with Gasteiger partial charge in [0.1, 0.15) is 0 Å². The smallest absolute Gasteiger partial charge is 0.0659 e. The number of benzene rings is 2. The van der Waals surface area contributed by atoms with Gasteiger partial charge in [-0.3, -0.25) is 4.68 Å². The molecule has 1 aromatic heterocycles. The van der Waals surface area contributed by atoms with E-state index in [9.17, 15) is 0 Å². The molecule has 1 N–H and O–H groups in total. The quantitative estimate of drug-likeness (QED) is 0.699. The summed E-state index contributed by atoms with van der Waals surface area (Å²) < 4.78 is 2.00. The van der Waals surface area contributed by atoms with E-state index in [-0.39, 0.29) is 24.8 Å². The van der Waals surface area contributed by atoms with E-state index in [1.807, 2.05) is 16.9 Å². The summed E-state index contributed by atoms with van der Waals surface area (Å²) >= 11 is 0. The summed E-state index contributed by atoms with van der Waals surface area (Å²) in [5.41, 5.74) is 5.55. The number of fused-ring (bicyclic) bond motifs is 1. The first-order chi connectivity index (χ1) is 11.4. The number of hydrogen-bond acceptors (Lipinski definition) is 2. The van der Waals surface area contributed by atoms with Gasteiger partial charge in [-0.15, -0.1) is 24.8 Å². The van der Waals surface area contributed by atoms with Crippen LogP contribution < -0.4 is 5.32 Å². The largest absolute Gasteiger partial charge is 0.312 e. The van der Waals surface area contributed by atoms with Crippen molar-refractivity contribution in [1.29, 1.82) is 0 Å². The van der Waals surface area contributed by atoms with Gasteiger partial charge in [-0.05, 0) is 23.1 Å². The summed E-state index contributed by atoms with van der Waals surface area (Å²) in [6, 6.07) is 19.2. The average Bonchev–Trinajstić information content (AvgIpc) is 3.00. The van der Waals surface area contributed by atoms with E-state index in [4.69, 9.17) is 0 Å². The summed E-state index contributed by atoms with van der Waals surface area (Å²) in [4.78, 5) is 0. The van der Waals surface area contributed by atoms with Gasteiger partial charge in [0.25, 0.3) is 0 Å². The van der Waals surface area contributed by atoms with Crippen molar-refractivity contribution in [3.05, 3.63) is 89.2 Å². The Morgan fingerprint density at radius 3 is 2.52 bits per heavy atom. The van der Waals surface area contributed by atoms with Crippen LogP contribution in [0, 0.1) is 0 Å². The number of aromatic nitrogens is 2. The molecule has 1 heterocycles. The SMILES string of the molecule is Cl.Cl.c1ccc(Cn2cc(CNCC3Cc4ccccc43)cn2)cc1. The minimum atomic E-state index is 0.